The summed E-state index contributed by atoms with van der Waals surface area (Å²) in [6, 6.07) is 2.49. The van der Waals surface area contributed by atoms with E-state index in [0.717, 1.165) is 6.07 Å². The molecule has 13 heavy (non-hydrogen) atoms. The van der Waals surface area contributed by atoms with E-state index in [4.69, 9.17) is 5.73 Å². The smallest absolute Gasteiger partial charge is 0.168 e. The molecule has 0 aliphatic rings. The second-order valence-corrected chi connectivity index (χ2v) is 2.98. The van der Waals surface area contributed by atoms with Gasteiger partial charge in [-0.3, -0.25) is 0 Å². The van der Waals surface area contributed by atoms with E-state index in [1.54, 1.807) is 0 Å². The molecule has 2 nitrogen and oxygen atoms in total. The van der Waals surface area contributed by atoms with Gasteiger partial charge in [-0.2, -0.15) is 0 Å². The van der Waals surface area contributed by atoms with Gasteiger partial charge in [-0.25, -0.2) is 8.78 Å². The molecule has 0 atom stereocenters. The molecule has 0 saturated heterocycles. The number of anilines is 1. The molecule has 3 N–H and O–H groups in total. The molecule has 5 heteroatoms. The number of thiocarbonyl (C=S) groups is 1. The highest BCUT2D eigenvalue weighted by Crippen LogP contribution is 2.21. The summed E-state index contributed by atoms with van der Waals surface area (Å²) in [6.45, 7) is 1.53. The van der Waals surface area contributed by atoms with Crippen LogP contribution in [0.25, 0.3) is 0 Å². The number of nitrogens with two attached hydrogens (primary N) is 1. The third-order valence-electron chi connectivity index (χ3n) is 1.53. The van der Waals surface area contributed by atoms with Crippen molar-refractivity contribution in [2.75, 3.05) is 5.32 Å². The first-order valence-corrected chi connectivity index (χ1v) is 3.94. The number of benzene rings is 1. The van der Waals surface area contributed by atoms with Gasteiger partial charge in [0.1, 0.15) is 11.5 Å². The second kappa shape index (κ2) is 3.66. The van der Waals surface area contributed by atoms with Gasteiger partial charge in [0, 0.05) is 0 Å². The lowest BCUT2D eigenvalue weighted by molar-refractivity contribution is 0.585. The molecule has 0 aliphatic heterocycles. The Morgan fingerprint density at radius 2 is 2.08 bits per heavy atom. The Morgan fingerprint density at radius 3 is 2.62 bits per heavy atom. The minimum absolute atomic E-state index is 0.164. The fraction of sp³-hybridized carbons (Fsp3) is 0.125. The molecular formula is C8H8F2N2S. The molecule has 1 rings (SSSR count). The Morgan fingerprint density at radius 1 is 1.46 bits per heavy atom. The van der Waals surface area contributed by atoms with E-state index < -0.39 is 11.6 Å². The summed E-state index contributed by atoms with van der Waals surface area (Å²) in [6.07, 6.45) is 0. The number of hydrogen-bond acceptors (Lipinski definition) is 1. The Kier molecular flexibility index (Phi) is 2.77. The van der Waals surface area contributed by atoms with Gasteiger partial charge in [0.15, 0.2) is 10.9 Å². The monoisotopic (exact) mass is 202 g/mol. The maximum atomic E-state index is 13.2. The largest absolute Gasteiger partial charge is 0.376 e. The standard InChI is InChI=1S/C8H8F2N2S/c1-4-2-3-5(9)7(6(4)10)12-8(11)13/h2-3H,1H3,(H3,11,12,13). The van der Waals surface area contributed by atoms with Crippen LogP contribution in [0.2, 0.25) is 0 Å². The van der Waals surface area contributed by atoms with Gasteiger partial charge in [0.05, 0.1) is 0 Å². The predicted octanol–water partition coefficient (Wildman–Crippen LogP) is 1.93. The third kappa shape index (κ3) is 2.12. The Bertz CT molecular complexity index is 352. The van der Waals surface area contributed by atoms with E-state index in [9.17, 15) is 8.78 Å². The van der Waals surface area contributed by atoms with E-state index in [1.165, 1.54) is 13.0 Å². The van der Waals surface area contributed by atoms with Crippen molar-refractivity contribution in [3.63, 3.8) is 0 Å². The van der Waals surface area contributed by atoms with E-state index in [0.29, 0.717) is 5.56 Å². The molecule has 0 fully saturated rings. The van der Waals surface area contributed by atoms with Gasteiger partial charge in [-0.05, 0) is 30.8 Å². The number of nitrogens with one attached hydrogen (secondary N) is 1. The van der Waals surface area contributed by atoms with Crippen LogP contribution in [-0.2, 0) is 0 Å². The van der Waals surface area contributed by atoms with Gasteiger partial charge in [0.25, 0.3) is 0 Å². The van der Waals surface area contributed by atoms with Crippen LogP contribution in [0.4, 0.5) is 14.5 Å². The van der Waals surface area contributed by atoms with Crippen LogP contribution in [0, 0.1) is 18.6 Å². The lowest BCUT2D eigenvalue weighted by atomic mass is 10.2. The first-order valence-electron chi connectivity index (χ1n) is 3.53. The minimum Gasteiger partial charge on any atom is -0.376 e. The van der Waals surface area contributed by atoms with E-state index >= 15 is 0 Å². The van der Waals surface area contributed by atoms with Gasteiger partial charge in [-0.15, -0.1) is 0 Å². The molecule has 0 unspecified atom stereocenters. The fourth-order valence-electron chi connectivity index (χ4n) is 0.894. The highest BCUT2D eigenvalue weighted by atomic mass is 32.1. The summed E-state index contributed by atoms with van der Waals surface area (Å²) in [5.41, 5.74) is 5.13. The van der Waals surface area contributed by atoms with Crippen molar-refractivity contribution in [3.8, 4) is 0 Å². The zero-order valence-corrected chi connectivity index (χ0v) is 7.71. The van der Waals surface area contributed by atoms with Gasteiger partial charge < -0.3 is 11.1 Å². The SMILES string of the molecule is Cc1ccc(F)c(NC(N)=S)c1F. The van der Waals surface area contributed by atoms with Crippen LogP contribution in [0.5, 0.6) is 0 Å². The van der Waals surface area contributed by atoms with Crippen molar-refractivity contribution in [2.45, 2.75) is 6.92 Å². The first-order chi connectivity index (χ1) is 6.02. The summed E-state index contributed by atoms with van der Waals surface area (Å²) in [4.78, 5) is 0. The van der Waals surface area contributed by atoms with E-state index in [-0.39, 0.29) is 10.8 Å². The zero-order chi connectivity index (χ0) is 10.0. The Balaban J connectivity index is 3.17. The molecule has 1 aromatic rings. The minimum atomic E-state index is -0.712. The molecule has 0 bridgehead atoms. The van der Waals surface area contributed by atoms with Gasteiger partial charge in [0.2, 0.25) is 0 Å². The molecule has 0 heterocycles. The van der Waals surface area contributed by atoms with Crippen LogP contribution >= 0.6 is 12.2 Å². The maximum absolute atomic E-state index is 13.2. The average molecular weight is 202 g/mol. The molecular weight excluding hydrogens is 194 g/mol. The first kappa shape index (κ1) is 9.85. The topological polar surface area (TPSA) is 38.0 Å². The maximum Gasteiger partial charge on any atom is 0.168 e. The summed E-state index contributed by atoms with van der Waals surface area (Å²) in [7, 11) is 0. The molecule has 0 aromatic heterocycles. The lowest BCUT2D eigenvalue weighted by Gasteiger charge is -2.07. The predicted molar refractivity (Wildman–Crippen MR) is 51.5 cm³/mol. The van der Waals surface area contributed by atoms with Crippen LogP contribution in [0.15, 0.2) is 12.1 Å². The van der Waals surface area contributed by atoms with Crippen molar-refractivity contribution in [3.05, 3.63) is 29.3 Å². The van der Waals surface area contributed by atoms with Crippen molar-refractivity contribution in [2.24, 2.45) is 5.73 Å². The Hall–Kier alpha value is -1.23. The summed E-state index contributed by atoms with van der Waals surface area (Å²) < 4.78 is 26.2. The Labute approximate surface area is 79.7 Å². The molecule has 1 aromatic carbocycles. The van der Waals surface area contributed by atoms with Crippen LogP contribution in [-0.4, -0.2) is 5.11 Å². The number of rotatable bonds is 1. The van der Waals surface area contributed by atoms with Crippen molar-refractivity contribution in [1.82, 2.24) is 0 Å². The normalized spacial score (nSPS) is 9.77. The van der Waals surface area contributed by atoms with Crippen molar-refractivity contribution in [1.29, 1.82) is 0 Å². The number of hydrogen-bond donors (Lipinski definition) is 2. The highest BCUT2D eigenvalue weighted by Gasteiger charge is 2.10. The molecule has 0 spiro atoms. The molecule has 0 saturated carbocycles. The molecule has 70 valence electrons. The zero-order valence-electron chi connectivity index (χ0n) is 6.90. The average Bonchev–Trinajstić information content (AvgIpc) is 2.05. The summed E-state index contributed by atoms with van der Waals surface area (Å²) in [5, 5.41) is 2.08. The third-order valence-corrected chi connectivity index (χ3v) is 1.63. The summed E-state index contributed by atoms with van der Waals surface area (Å²) >= 11 is 4.47. The second-order valence-electron chi connectivity index (χ2n) is 2.54. The molecule has 0 radical (unpaired) electrons. The quantitative estimate of drug-likeness (QED) is 0.683. The molecule has 0 aliphatic carbocycles. The van der Waals surface area contributed by atoms with Crippen molar-refractivity contribution < 1.29 is 8.78 Å². The molecule has 0 amide bonds. The number of aryl methyl sites for hydroxylation is 1. The summed E-state index contributed by atoms with van der Waals surface area (Å²) in [5.74, 6) is -1.39. The van der Waals surface area contributed by atoms with Crippen LogP contribution in [0.3, 0.4) is 0 Å². The van der Waals surface area contributed by atoms with Crippen LogP contribution in [0.1, 0.15) is 5.56 Å². The van der Waals surface area contributed by atoms with Gasteiger partial charge >= 0.3 is 0 Å². The highest BCUT2D eigenvalue weighted by molar-refractivity contribution is 7.80. The van der Waals surface area contributed by atoms with Crippen LogP contribution < -0.4 is 11.1 Å². The number of halogens is 2. The van der Waals surface area contributed by atoms with E-state index in [1.807, 2.05) is 0 Å². The van der Waals surface area contributed by atoms with Crippen molar-refractivity contribution >= 4 is 23.0 Å². The van der Waals surface area contributed by atoms with E-state index in [2.05, 4.69) is 17.5 Å². The van der Waals surface area contributed by atoms with Gasteiger partial charge in [-0.1, -0.05) is 6.07 Å². The fourth-order valence-corrected chi connectivity index (χ4v) is 0.997. The lowest BCUT2D eigenvalue weighted by Crippen LogP contribution is -2.20.